The first-order chi connectivity index (χ1) is 34.7. The van der Waals surface area contributed by atoms with E-state index in [0.29, 0.717) is 0 Å². The lowest BCUT2D eigenvalue weighted by Gasteiger charge is -2.34. The summed E-state index contributed by atoms with van der Waals surface area (Å²) < 4.78 is 0. The van der Waals surface area contributed by atoms with Gasteiger partial charge in [0.1, 0.15) is 0 Å². The van der Waals surface area contributed by atoms with Gasteiger partial charge in [0.15, 0.2) is 0 Å². The first kappa shape index (κ1) is 41.2. The van der Waals surface area contributed by atoms with E-state index in [-0.39, 0.29) is 0 Å². The monoisotopic (exact) mass is 889 g/mol. The maximum absolute atomic E-state index is 2.45. The number of anilines is 3. The zero-order valence-corrected chi connectivity index (χ0v) is 38.6. The minimum absolute atomic E-state index is 0.470. The van der Waals surface area contributed by atoms with Gasteiger partial charge < -0.3 is 4.90 Å². The Morgan fingerprint density at radius 2 is 0.786 bits per heavy atom. The van der Waals surface area contributed by atoms with Gasteiger partial charge in [0.2, 0.25) is 0 Å². The van der Waals surface area contributed by atoms with Crippen LogP contribution in [0.2, 0.25) is 0 Å². The summed E-state index contributed by atoms with van der Waals surface area (Å²) in [4.78, 5) is 2.45. The van der Waals surface area contributed by atoms with Gasteiger partial charge in [-0.15, -0.1) is 0 Å². The van der Waals surface area contributed by atoms with E-state index in [2.05, 4.69) is 290 Å². The number of hydrogen-bond donors (Lipinski definition) is 0. The van der Waals surface area contributed by atoms with Crippen LogP contribution in [0.1, 0.15) is 22.3 Å². The molecule has 0 heterocycles. The van der Waals surface area contributed by atoms with Crippen molar-refractivity contribution in [3.05, 3.63) is 307 Å². The Labute approximate surface area is 409 Å². The van der Waals surface area contributed by atoms with E-state index in [0.717, 1.165) is 28.2 Å². The molecule has 0 fully saturated rings. The molecular weight excluding hydrogens is 843 g/mol. The second kappa shape index (κ2) is 17.2. The highest BCUT2D eigenvalue weighted by Gasteiger charge is 2.46. The Hall–Kier alpha value is -9.04. The van der Waals surface area contributed by atoms with E-state index < -0.39 is 5.41 Å². The van der Waals surface area contributed by atoms with Gasteiger partial charge in [-0.05, 0) is 130 Å². The van der Waals surface area contributed by atoms with Crippen molar-refractivity contribution < 1.29 is 0 Å². The number of rotatable bonds is 9. The maximum Gasteiger partial charge on any atom is 0.0713 e. The quantitative estimate of drug-likeness (QED) is 0.140. The lowest BCUT2D eigenvalue weighted by molar-refractivity contribution is 0.769. The molecule has 0 bridgehead atoms. The van der Waals surface area contributed by atoms with Gasteiger partial charge in [-0.1, -0.05) is 249 Å². The minimum atomic E-state index is -0.470. The maximum atomic E-state index is 2.45. The summed E-state index contributed by atoms with van der Waals surface area (Å²) in [6.07, 6.45) is 0. The SMILES string of the molecule is c1ccc(-c2cccc3cccc(-c4ccccc4N(c4ccc(-c5ccc6c(c5)C(c5ccccc5)(c5ccccc5)c5ccccc5-6)cc4)c4cccc(-c5cccc6ccccc56)c4)c23)cc1. The van der Waals surface area contributed by atoms with Gasteiger partial charge in [-0.3, -0.25) is 0 Å². The van der Waals surface area contributed by atoms with Crippen molar-refractivity contribution in [2.24, 2.45) is 0 Å². The predicted molar refractivity (Wildman–Crippen MR) is 295 cm³/mol. The lowest BCUT2D eigenvalue weighted by Crippen LogP contribution is -2.28. The third kappa shape index (κ3) is 6.78. The minimum Gasteiger partial charge on any atom is -0.310 e. The molecular formula is C69H47N. The molecule has 0 N–H and O–H groups in total. The first-order valence-corrected chi connectivity index (χ1v) is 24.2. The third-order valence-corrected chi connectivity index (χ3v) is 14.5. The summed E-state index contributed by atoms with van der Waals surface area (Å²) in [6, 6.07) is 105. The van der Waals surface area contributed by atoms with E-state index in [4.69, 9.17) is 0 Å². The van der Waals surface area contributed by atoms with Crippen LogP contribution in [-0.2, 0) is 5.41 Å². The third-order valence-electron chi connectivity index (χ3n) is 14.5. The molecule has 0 radical (unpaired) electrons. The van der Waals surface area contributed by atoms with Crippen LogP contribution in [0.15, 0.2) is 285 Å². The van der Waals surface area contributed by atoms with Crippen LogP contribution in [0.3, 0.4) is 0 Å². The van der Waals surface area contributed by atoms with Crippen molar-refractivity contribution in [1.29, 1.82) is 0 Å². The molecule has 0 saturated carbocycles. The molecule has 12 aromatic rings. The largest absolute Gasteiger partial charge is 0.310 e. The number of hydrogen-bond acceptors (Lipinski definition) is 1. The van der Waals surface area contributed by atoms with Gasteiger partial charge >= 0.3 is 0 Å². The van der Waals surface area contributed by atoms with Crippen molar-refractivity contribution in [3.8, 4) is 55.6 Å². The smallest absolute Gasteiger partial charge is 0.0713 e. The standard InChI is InChI=1S/C69H47N/c1-4-20-50(21-5-1)60-36-18-24-51-25-19-37-64(68(51)60)63-34-13-15-39-67(63)70(57-31-16-26-53(46-57)59-35-17-23-49-22-10-11-32-58(49)59)56-43-40-48(41-44-56)52-42-45-62-61-33-12-14-38-65(61)69(66(62)47-52,54-27-6-2-7-28-54)55-29-8-3-9-30-55/h1-47H. The molecule has 0 aromatic heterocycles. The fourth-order valence-electron chi connectivity index (χ4n) is 11.5. The fraction of sp³-hybridized carbons (Fsp3) is 0.0145. The van der Waals surface area contributed by atoms with E-state index >= 15 is 0 Å². The zero-order valence-electron chi connectivity index (χ0n) is 38.6. The van der Waals surface area contributed by atoms with Crippen LogP contribution in [0.5, 0.6) is 0 Å². The second-order valence-corrected chi connectivity index (χ2v) is 18.3. The average Bonchev–Trinajstić information content (AvgIpc) is 3.74. The van der Waals surface area contributed by atoms with Crippen molar-refractivity contribution in [2.75, 3.05) is 4.90 Å². The van der Waals surface area contributed by atoms with Crippen molar-refractivity contribution in [1.82, 2.24) is 0 Å². The van der Waals surface area contributed by atoms with Gasteiger partial charge in [0, 0.05) is 16.9 Å². The molecule has 12 aromatic carbocycles. The number of fused-ring (bicyclic) bond motifs is 5. The van der Waals surface area contributed by atoms with Crippen molar-refractivity contribution >= 4 is 38.6 Å². The predicted octanol–water partition coefficient (Wildman–Crippen LogP) is 18.5. The molecule has 70 heavy (non-hydrogen) atoms. The van der Waals surface area contributed by atoms with Crippen LogP contribution < -0.4 is 4.90 Å². The van der Waals surface area contributed by atoms with Crippen LogP contribution in [0, 0.1) is 0 Å². The molecule has 1 nitrogen and oxygen atoms in total. The molecule has 0 amide bonds. The Kier molecular flexibility index (Phi) is 10.1. The highest BCUT2D eigenvalue weighted by atomic mass is 15.1. The Morgan fingerprint density at radius 3 is 1.54 bits per heavy atom. The zero-order chi connectivity index (χ0) is 46.4. The van der Waals surface area contributed by atoms with E-state index in [1.807, 2.05) is 0 Å². The molecule has 0 unspecified atom stereocenters. The normalized spacial score (nSPS) is 12.4. The summed E-state index contributed by atoms with van der Waals surface area (Å²) >= 11 is 0. The van der Waals surface area contributed by atoms with Gasteiger partial charge in [-0.25, -0.2) is 0 Å². The van der Waals surface area contributed by atoms with E-state index in [1.165, 1.54) is 88.3 Å². The van der Waals surface area contributed by atoms with Crippen LogP contribution >= 0.6 is 0 Å². The van der Waals surface area contributed by atoms with Crippen LogP contribution in [-0.4, -0.2) is 0 Å². The summed E-state index contributed by atoms with van der Waals surface area (Å²) in [6.45, 7) is 0. The van der Waals surface area contributed by atoms with Crippen molar-refractivity contribution in [2.45, 2.75) is 5.41 Å². The lowest BCUT2D eigenvalue weighted by atomic mass is 9.67. The summed E-state index contributed by atoms with van der Waals surface area (Å²) in [7, 11) is 0. The first-order valence-electron chi connectivity index (χ1n) is 24.2. The molecule has 1 aliphatic carbocycles. The molecule has 0 spiro atoms. The van der Waals surface area contributed by atoms with Gasteiger partial charge in [0.05, 0.1) is 11.1 Å². The molecule has 13 rings (SSSR count). The van der Waals surface area contributed by atoms with Gasteiger partial charge in [0.25, 0.3) is 0 Å². The molecule has 1 heteroatoms. The summed E-state index contributed by atoms with van der Waals surface area (Å²) in [5.41, 5.74) is 20.0. The van der Waals surface area contributed by atoms with E-state index in [1.54, 1.807) is 0 Å². The topological polar surface area (TPSA) is 3.24 Å². The molecule has 0 aliphatic heterocycles. The Bertz CT molecular complexity index is 3820. The van der Waals surface area contributed by atoms with Crippen molar-refractivity contribution in [3.63, 3.8) is 0 Å². The molecule has 0 saturated heterocycles. The second-order valence-electron chi connectivity index (χ2n) is 18.3. The highest BCUT2D eigenvalue weighted by molar-refractivity contribution is 6.09. The number of benzene rings is 12. The summed E-state index contributed by atoms with van der Waals surface area (Å²) in [5, 5.41) is 4.92. The number of para-hydroxylation sites is 1. The highest BCUT2D eigenvalue weighted by Crippen LogP contribution is 2.57. The molecule has 328 valence electrons. The van der Waals surface area contributed by atoms with Crippen LogP contribution in [0.4, 0.5) is 17.1 Å². The Morgan fingerprint density at radius 1 is 0.257 bits per heavy atom. The van der Waals surface area contributed by atoms with Crippen LogP contribution in [0.25, 0.3) is 77.2 Å². The fourth-order valence-corrected chi connectivity index (χ4v) is 11.5. The summed E-state index contributed by atoms with van der Waals surface area (Å²) in [5.74, 6) is 0. The van der Waals surface area contributed by atoms with Gasteiger partial charge in [-0.2, -0.15) is 0 Å². The molecule has 0 atom stereocenters. The average molecular weight is 890 g/mol. The number of nitrogens with zero attached hydrogens (tertiary/aromatic N) is 1. The van der Waals surface area contributed by atoms with E-state index in [9.17, 15) is 0 Å². The molecule has 1 aliphatic rings. The Balaban J connectivity index is 0.988.